The van der Waals surface area contributed by atoms with E-state index >= 15 is 0 Å². The number of hydrogen-bond donors (Lipinski definition) is 1. The van der Waals surface area contributed by atoms with E-state index in [0.717, 1.165) is 9.87 Å². The van der Waals surface area contributed by atoms with Crippen molar-refractivity contribution in [3.05, 3.63) is 54.1 Å². The molecule has 140 valence electrons. The summed E-state index contributed by atoms with van der Waals surface area (Å²) in [4.78, 5) is 12.5. The van der Waals surface area contributed by atoms with E-state index in [1.807, 2.05) is 20.8 Å². The maximum absolute atomic E-state index is 12.6. The fourth-order valence-corrected chi connectivity index (χ4v) is 3.42. The SMILES string of the molecule is Cc1ccc(S(=O)(=O)N(C)CC(=O)Nc2ccccc2OC(C)C)cc1. The van der Waals surface area contributed by atoms with Crippen LogP contribution in [0.25, 0.3) is 0 Å². The third-order valence-electron chi connectivity index (χ3n) is 3.62. The molecule has 0 aliphatic heterocycles. The van der Waals surface area contributed by atoms with Gasteiger partial charge in [-0.2, -0.15) is 4.31 Å². The van der Waals surface area contributed by atoms with Gasteiger partial charge in [0.15, 0.2) is 0 Å². The highest BCUT2D eigenvalue weighted by atomic mass is 32.2. The van der Waals surface area contributed by atoms with Gasteiger partial charge in [-0.1, -0.05) is 29.8 Å². The molecule has 0 bridgehead atoms. The van der Waals surface area contributed by atoms with Crippen LogP contribution in [0.5, 0.6) is 5.75 Å². The topological polar surface area (TPSA) is 75.7 Å². The maximum atomic E-state index is 12.6. The van der Waals surface area contributed by atoms with Gasteiger partial charge in [0.1, 0.15) is 5.75 Å². The molecule has 1 amide bonds. The Hall–Kier alpha value is -2.38. The molecular formula is C19H24N2O4S. The van der Waals surface area contributed by atoms with E-state index in [0.29, 0.717) is 11.4 Å². The largest absolute Gasteiger partial charge is 0.489 e. The first-order valence-corrected chi connectivity index (χ1v) is 9.72. The van der Waals surface area contributed by atoms with Gasteiger partial charge in [-0.05, 0) is 45.0 Å². The molecule has 0 atom stereocenters. The second-order valence-corrected chi connectivity index (χ2v) is 8.33. The molecule has 2 aromatic rings. The quantitative estimate of drug-likeness (QED) is 0.806. The minimum absolute atomic E-state index is 0.0439. The van der Waals surface area contributed by atoms with E-state index in [2.05, 4.69) is 5.32 Å². The number of aryl methyl sites for hydroxylation is 1. The number of likely N-dealkylation sites (N-methyl/N-ethyl adjacent to an activating group) is 1. The van der Waals surface area contributed by atoms with E-state index < -0.39 is 15.9 Å². The van der Waals surface area contributed by atoms with E-state index in [1.54, 1.807) is 36.4 Å². The zero-order chi connectivity index (χ0) is 19.3. The number of benzene rings is 2. The molecule has 0 radical (unpaired) electrons. The summed E-state index contributed by atoms with van der Waals surface area (Å²) < 4.78 is 31.8. The first-order chi connectivity index (χ1) is 12.2. The lowest BCUT2D eigenvalue weighted by molar-refractivity contribution is -0.116. The minimum atomic E-state index is -3.73. The lowest BCUT2D eigenvalue weighted by Gasteiger charge is -2.18. The van der Waals surface area contributed by atoms with E-state index in [4.69, 9.17) is 4.74 Å². The first kappa shape index (κ1) is 19.9. The van der Waals surface area contributed by atoms with E-state index in [9.17, 15) is 13.2 Å². The van der Waals surface area contributed by atoms with E-state index in [1.165, 1.54) is 19.2 Å². The smallest absolute Gasteiger partial charge is 0.243 e. The number of hydrogen-bond acceptors (Lipinski definition) is 4. The Bertz CT molecular complexity index is 861. The van der Waals surface area contributed by atoms with Crippen LogP contribution in [-0.2, 0) is 14.8 Å². The van der Waals surface area contributed by atoms with Crippen LogP contribution in [0.1, 0.15) is 19.4 Å². The van der Waals surface area contributed by atoms with Crippen molar-refractivity contribution in [1.29, 1.82) is 0 Å². The first-order valence-electron chi connectivity index (χ1n) is 8.28. The summed E-state index contributed by atoms with van der Waals surface area (Å²) in [6, 6.07) is 13.6. The number of ether oxygens (including phenoxy) is 1. The average molecular weight is 376 g/mol. The third-order valence-corrected chi connectivity index (χ3v) is 5.44. The summed E-state index contributed by atoms with van der Waals surface area (Å²) in [6.45, 7) is 5.36. The Morgan fingerprint density at radius 1 is 1.12 bits per heavy atom. The Balaban J connectivity index is 2.09. The van der Waals surface area contributed by atoms with Crippen LogP contribution in [0, 0.1) is 6.92 Å². The molecule has 2 rings (SSSR count). The molecule has 0 unspecified atom stereocenters. The molecule has 0 spiro atoms. The molecule has 0 saturated heterocycles. The number of rotatable bonds is 7. The zero-order valence-corrected chi connectivity index (χ0v) is 16.2. The molecule has 0 aliphatic rings. The Kier molecular flexibility index (Phi) is 6.39. The molecule has 0 heterocycles. The van der Waals surface area contributed by atoms with Crippen molar-refractivity contribution in [1.82, 2.24) is 4.31 Å². The van der Waals surface area contributed by atoms with Crippen LogP contribution in [0.3, 0.4) is 0 Å². The van der Waals surface area contributed by atoms with Crippen LogP contribution in [-0.4, -0.2) is 38.3 Å². The number of sulfonamides is 1. The van der Waals surface area contributed by atoms with Crippen LogP contribution in [0.15, 0.2) is 53.4 Å². The summed E-state index contributed by atoms with van der Waals surface area (Å²) >= 11 is 0. The number of nitrogens with zero attached hydrogens (tertiary/aromatic N) is 1. The fourth-order valence-electron chi connectivity index (χ4n) is 2.29. The van der Waals surface area contributed by atoms with Gasteiger partial charge in [-0.25, -0.2) is 8.42 Å². The number of carbonyl (C=O) groups excluding carboxylic acids is 1. The summed E-state index contributed by atoms with van der Waals surface area (Å²) in [5.41, 5.74) is 1.47. The van der Waals surface area contributed by atoms with Gasteiger partial charge in [0.05, 0.1) is 23.2 Å². The van der Waals surface area contributed by atoms with Crippen molar-refractivity contribution in [2.24, 2.45) is 0 Å². The van der Waals surface area contributed by atoms with Crippen LogP contribution in [0.4, 0.5) is 5.69 Å². The Morgan fingerprint density at radius 3 is 2.35 bits per heavy atom. The van der Waals surface area contributed by atoms with Crippen molar-refractivity contribution in [3.63, 3.8) is 0 Å². The van der Waals surface area contributed by atoms with Gasteiger partial charge in [-0.3, -0.25) is 4.79 Å². The monoisotopic (exact) mass is 376 g/mol. The molecule has 26 heavy (non-hydrogen) atoms. The number of para-hydroxylation sites is 2. The average Bonchev–Trinajstić information content (AvgIpc) is 2.56. The molecule has 0 fully saturated rings. The second kappa shape index (κ2) is 8.33. The Labute approximate surface area is 154 Å². The molecule has 0 aromatic heterocycles. The third kappa shape index (κ3) is 5.06. The van der Waals surface area contributed by atoms with Gasteiger partial charge in [-0.15, -0.1) is 0 Å². The van der Waals surface area contributed by atoms with Crippen molar-refractivity contribution in [2.75, 3.05) is 18.9 Å². The fraction of sp³-hybridized carbons (Fsp3) is 0.316. The summed E-state index contributed by atoms with van der Waals surface area (Å²) in [5, 5.41) is 2.71. The number of nitrogens with one attached hydrogen (secondary N) is 1. The molecule has 1 N–H and O–H groups in total. The summed E-state index contributed by atoms with van der Waals surface area (Å²) in [7, 11) is -2.35. The number of carbonyl (C=O) groups is 1. The lowest BCUT2D eigenvalue weighted by Crippen LogP contribution is -2.35. The van der Waals surface area contributed by atoms with Gasteiger partial charge in [0.2, 0.25) is 15.9 Å². The normalized spacial score (nSPS) is 11.6. The van der Waals surface area contributed by atoms with Crippen molar-refractivity contribution in [2.45, 2.75) is 31.8 Å². The number of anilines is 1. The molecular weight excluding hydrogens is 352 g/mol. The summed E-state index contributed by atoms with van der Waals surface area (Å²) in [5.74, 6) is 0.0999. The van der Waals surface area contributed by atoms with Crippen molar-refractivity contribution >= 4 is 21.6 Å². The van der Waals surface area contributed by atoms with Crippen molar-refractivity contribution in [3.8, 4) is 5.75 Å². The molecule has 6 nitrogen and oxygen atoms in total. The van der Waals surface area contributed by atoms with Gasteiger partial charge < -0.3 is 10.1 Å². The predicted molar refractivity (Wildman–Crippen MR) is 102 cm³/mol. The standard InChI is InChI=1S/C19H24N2O4S/c1-14(2)25-18-8-6-5-7-17(18)20-19(22)13-21(4)26(23,24)16-11-9-15(3)10-12-16/h5-12,14H,13H2,1-4H3,(H,20,22). The molecule has 0 aliphatic carbocycles. The maximum Gasteiger partial charge on any atom is 0.243 e. The predicted octanol–water partition coefficient (Wildman–Crippen LogP) is 3.04. The highest BCUT2D eigenvalue weighted by Gasteiger charge is 2.23. The molecule has 2 aromatic carbocycles. The summed E-state index contributed by atoms with van der Waals surface area (Å²) in [6.07, 6.45) is -0.0439. The zero-order valence-electron chi connectivity index (χ0n) is 15.4. The number of amides is 1. The molecule has 7 heteroatoms. The lowest BCUT2D eigenvalue weighted by atomic mass is 10.2. The minimum Gasteiger partial charge on any atom is -0.489 e. The van der Waals surface area contributed by atoms with Crippen LogP contribution in [0.2, 0.25) is 0 Å². The Morgan fingerprint density at radius 2 is 1.73 bits per heavy atom. The van der Waals surface area contributed by atoms with Gasteiger partial charge >= 0.3 is 0 Å². The van der Waals surface area contributed by atoms with Crippen LogP contribution >= 0.6 is 0 Å². The van der Waals surface area contributed by atoms with Crippen molar-refractivity contribution < 1.29 is 17.9 Å². The van der Waals surface area contributed by atoms with E-state index in [-0.39, 0.29) is 17.5 Å². The van der Waals surface area contributed by atoms with Crippen LogP contribution < -0.4 is 10.1 Å². The highest BCUT2D eigenvalue weighted by molar-refractivity contribution is 7.89. The molecule has 0 saturated carbocycles. The highest BCUT2D eigenvalue weighted by Crippen LogP contribution is 2.25. The van der Waals surface area contributed by atoms with Gasteiger partial charge in [0.25, 0.3) is 0 Å². The second-order valence-electron chi connectivity index (χ2n) is 6.29. The van der Waals surface area contributed by atoms with Gasteiger partial charge in [0, 0.05) is 7.05 Å².